The number of hydrogen-bond acceptors (Lipinski definition) is 3. The molecule has 4 heteroatoms. The molecule has 112 valence electrons. The van der Waals surface area contributed by atoms with Crippen molar-refractivity contribution >= 4 is 22.6 Å². The zero-order valence-electron chi connectivity index (χ0n) is 12.3. The first kappa shape index (κ1) is 16.2. The van der Waals surface area contributed by atoms with E-state index in [1.54, 1.807) is 7.11 Å². The molecule has 1 aliphatic rings. The van der Waals surface area contributed by atoms with Crippen LogP contribution < -0.4 is 5.32 Å². The van der Waals surface area contributed by atoms with Gasteiger partial charge < -0.3 is 10.1 Å². The number of likely N-dealkylation sites (tertiary alicyclic amines) is 1. The molecule has 20 heavy (non-hydrogen) atoms. The van der Waals surface area contributed by atoms with E-state index in [1.807, 2.05) is 0 Å². The van der Waals surface area contributed by atoms with Gasteiger partial charge in [-0.2, -0.15) is 0 Å². The Hall–Kier alpha value is -0.170. The second-order valence-electron chi connectivity index (χ2n) is 5.57. The Morgan fingerprint density at radius 2 is 2.15 bits per heavy atom. The van der Waals surface area contributed by atoms with Gasteiger partial charge in [0.1, 0.15) is 0 Å². The molecule has 1 heterocycles. The molecule has 1 N–H and O–H groups in total. The smallest absolute Gasteiger partial charge is 0.0587 e. The third-order valence-electron chi connectivity index (χ3n) is 3.84. The SMILES string of the molecule is COCCNCC1CCCN(Cc2ccc(I)cc2)C1. The lowest BCUT2D eigenvalue weighted by molar-refractivity contribution is 0.159. The van der Waals surface area contributed by atoms with Crippen molar-refractivity contribution in [3.8, 4) is 0 Å². The number of nitrogens with one attached hydrogen (secondary N) is 1. The summed E-state index contributed by atoms with van der Waals surface area (Å²) in [5.41, 5.74) is 1.43. The average Bonchev–Trinajstić information content (AvgIpc) is 2.47. The Balaban J connectivity index is 1.74. The number of rotatable bonds is 7. The van der Waals surface area contributed by atoms with Crippen LogP contribution in [0.5, 0.6) is 0 Å². The molecule has 1 fully saturated rings. The average molecular weight is 388 g/mol. The lowest BCUT2D eigenvalue weighted by Gasteiger charge is -2.33. The first-order valence-corrected chi connectivity index (χ1v) is 8.52. The van der Waals surface area contributed by atoms with Gasteiger partial charge >= 0.3 is 0 Å². The first-order valence-electron chi connectivity index (χ1n) is 7.44. The van der Waals surface area contributed by atoms with E-state index in [4.69, 9.17) is 4.74 Å². The molecular weight excluding hydrogens is 363 g/mol. The van der Waals surface area contributed by atoms with E-state index in [0.717, 1.165) is 32.2 Å². The van der Waals surface area contributed by atoms with E-state index in [9.17, 15) is 0 Å². The minimum absolute atomic E-state index is 0.782. The van der Waals surface area contributed by atoms with Gasteiger partial charge in [0.05, 0.1) is 6.61 Å². The molecule has 0 spiro atoms. The van der Waals surface area contributed by atoms with E-state index in [0.29, 0.717) is 0 Å². The molecule has 1 saturated heterocycles. The molecule has 1 aromatic rings. The number of halogens is 1. The largest absolute Gasteiger partial charge is 0.383 e. The summed E-state index contributed by atoms with van der Waals surface area (Å²) in [5.74, 6) is 0.782. The van der Waals surface area contributed by atoms with Gasteiger partial charge in [0, 0.05) is 30.3 Å². The van der Waals surface area contributed by atoms with Crippen LogP contribution in [0.4, 0.5) is 0 Å². The van der Waals surface area contributed by atoms with E-state index < -0.39 is 0 Å². The molecule has 0 aromatic heterocycles. The van der Waals surface area contributed by atoms with Crippen LogP contribution in [0, 0.1) is 9.49 Å². The summed E-state index contributed by atoms with van der Waals surface area (Å²) in [6.45, 7) is 6.42. The van der Waals surface area contributed by atoms with Gasteiger partial charge in [0.25, 0.3) is 0 Å². The van der Waals surface area contributed by atoms with Gasteiger partial charge in [-0.15, -0.1) is 0 Å². The topological polar surface area (TPSA) is 24.5 Å². The van der Waals surface area contributed by atoms with Gasteiger partial charge in [0.15, 0.2) is 0 Å². The maximum atomic E-state index is 5.07. The molecule has 1 aliphatic heterocycles. The summed E-state index contributed by atoms with van der Waals surface area (Å²) in [6.07, 6.45) is 2.67. The molecule has 2 rings (SSSR count). The number of ether oxygens (including phenoxy) is 1. The number of hydrogen-bond donors (Lipinski definition) is 1. The Labute approximate surface area is 136 Å². The molecule has 0 aliphatic carbocycles. The Morgan fingerprint density at radius 1 is 1.35 bits per heavy atom. The maximum absolute atomic E-state index is 5.07. The number of piperidine rings is 1. The molecule has 0 amide bonds. The fraction of sp³-hybridized carbons (Fsp3) is 0.625. The van der Waals surface area contributed by atoms with Crippen LogP contribution in [0.15, 0.2) is 24.3 Å². The first-order chi connectivity index (χ1) is 9.78. The fourth-order valence-electron chi connectivity index (χ4n) is 2.79. The van der Waals surface area contributed by atoms with Crippen LogP contribution in [-0.2, 0) is 11.3 Å². The Bertz CT molecular complexity index is 383. The summed E-state index contributed by atoms with van der Waals surface area (Å²) >= 11 is 2.36. The molecule has 0 bridgehead atoms. The van der Waals surface area contributed by atoms with Crippen molar-refractivity contribution in [1.29, 1.82) is 0 Å². The summed E-state index contributed by atoms with van der Waals surface area (Å²) < 4.78 is 6.38. The maximum Gasteiger partial charge on any atom is 0.0587 e. The van der Waals surface area contributed by atoms with Crippen molar-refractivity contribution in [2.24, 2.45) is 5.92 Å². The highest BCUT2D eigenvalue weighted by atomic mass is 127. The second kappa shape index (κ2) is 8.97. The Morgan fingerprint density at radius 3 is 2.90 bits per heavy atom. The summed E-state index contributed by atoms with van der Waals surface area (Å²) in [4.78, 5) is 2.59. The number of benzene rings is 1. The highest BCUT2D eigenvalue weighted by molar-refractivity contribution is 14.1. The van der Waals surface area contributed by atoms with Crippen LogP contribution in [0.3, 0.4) is 0 Å². The van der Waals surface area contributed by atoms with E-state index in [2.05, 4.69) is 57.1 Å². The van der Waals surface area contributed by atoms with Crippen molar-refractivity contribution < 1.29 is 4.74 Å². The molecule has 0 saturated carbocycles. The normalized spacial score (nSPS) is 20.2. The van der Waals surface area contributed by atoms with Crippen molar-refractivity contribution in [3.05, 3.63) is 33.4 Å². The minimum atomic E-state index is 0.782. The highest BCUT2D eigenvalue weighted by Crippen LogP contribution is 2.18. The number of nitrogens with zero attached hydrogens (tertiary/aromatic N) is 1. The van der Waals surface area contributed by atoms with Crippen molar-refractivity contribution in [3.63, 3.8) is 0 Å². The zero-order valence-corrected chi connectivity index (χ0v) is 14.4. The van der Waals surface area contributed by atoms with Crippen LogP contribution in [0.2, 0.25) is 0 Å². The predicted octanol–water partition coefficient (Wildman–Crippen LogP) is 2.74. The lowest BCUT2D eigenvalue weighted by Crippen LogP contribution is -2.39. The third kappa shape index (κ3) is 5.68. The van der Waals surface area contributed by atoms with Crippen LogP contribution >= 0.6 is 22.6 Å². The predicted molar refractivity (Wildman–Crippen MR) is 91.9 cm³/mol. The van der Waals surface area contributed by atoms with E-state index in [1.165, 1.54) is 35.1 Å². The molecular formula is C16H25IN2O. The van der Waals surface area contributed by atoms with Crippen molar-refractivity contribution in [2.75, 3.05) is 39.9 Å². The molecule has 0 radical (unpaired) electrons. The van der Waals surface area contributed by atoms with E-state index in [-0.39, 0.29) is 0 Å². The number of methoxy groups -OCH3 is 1. The molecule has 3 nitrogen and oxygen atoms in total. The molecule has 1 aromatic carbocycles. The van der Waals surface area contributed by atoms with Gasteiger partial charge in [-0.05, 0) is 72.1 Å². The van der Waals surface area contributed by atoms with Gasteiger partial charge in [-0.25, -0.2) is 0 Å². The monoisotopic (exact) mass is 388 g/mol. The van der Waals surface area contributed by atoms with E-state index >= 15 is 0 Å². The highest BCUT2D eigenvalue weighted by Gasteiger charge is 2.19. The standard InChI is InChI=1S/C16H25IN2O/c1-20-10-8-18-11-15-3-2-9-19(13-15)12-14-4-6-16(17)7-5-14/h4-7,15,18H,2-3,8-13H2,1H3. The second-order valence-corrected chi connectivity index (χ2v) is 6.81. The van der Waals surface area contributed by atoms with Crippen LogP contribution in [0.1, 0.15) is 18.4 Å². The minimum Gasteiger partial charge on any atom is -0.383 e. The Kier molecular flexibility index (Phi) is 7.27. The van der Waals surface area contributed by atoms with Crippen LogP contribution in [0.25, 0.3) is 0 Å². The summed E-state index contributed by atoms with van der Waals surface area (Å²) in [7, 11) is 1.76. The fourth-order valence-corrected chi connectivity index (χ4v) is 3.15. The summed E-state index contributed by atoms with van der Waals surface area (Å²) in [5, 5.41) is 3.50. The van der Waals surface area contributed by atoms with Crippen molar-refractivity contribution in [2.45, 2.75) is 19.4 Å². The summed E-state index contributed by atoms with van der Waals surface area (Å²) in [6, 6.07) is 8.90. The zero-order chi connectivity index (χ0) is 14.2. The van der Waals surface area contributed by atoms with Crippen molar-refractivity contribution in [1.82, 2.24) is 10.2 Å². The third-order valence-corrected chi connectivity index (χ3v) is 4.56. The van der Waals surface area contributed by atoms with Gasteiger partial charge in [-0.1, -0.05) is 12.1 Å². The lowest BCUT2D eigenvalue weighted by atomic mass is 9.97. The molecule has 1 unspecified atom stereocenters. The molecule has 1 atom stereocenters. The van der Waals surface area contributed by atoms with Gasteiger partial charge in [-0.3, -0.25) is 4.90 Å². The van der Waals surface area contributed by atoms with Crippen LogP contribution in [-0.4, -0.2) is 44.8 Å². The quantitative estimate of drug-likeness (QED) is 0.574. The van der Waals surface area contributed by atoms with Gasteiger partial charge in [0.2, 0.25) is 0 Å².